The molecule has 1 aliphatic rings. The third kappa shape index (κ3) is 3.39. The van der Waals surface area contributed by atoms with Crippen molar-refractivity contribution in [1.29, 1.82) is 0 Å². The van der Waals surface area contributed by atoms with Crippen LogP contribution in [0.3, 0.4) is 0 Å². The lowest BCUT2D eigenvalue weighted by Gasteiger charge is -2.40. The highest BCUT2D eigenvalue weighted by molar-refractivity contribution is 6.42. The lowest BCUT2D eigenvalue weighted by atomic mass is 9.77. The average Bonchev–Trinajstić information content (AvgIpc) is 2.39. The van der Waals surface area contributed by atoms with E-state index in [0.29, 0.717) is 12.8 Å². The Morgan fingerprint density at radius 1 is 1.38 bits per heavy atom. The molecule has 0 aromatic heterocycles. The summed E-state index contributed by atoms with van der Waals surface area (Å²) in [6.45, 7) is 0. The Labute approximate surface area is 131 Å². The summed E-state index contributed by atoms with van der Waals surface area (Å²) in [7, 11) is 1.29. The second kappa shape index (κ2) is 6.07. The third-order valence-corrected chi connectivity index (χ3v) is 4.21. The second-order valence-electron chi connectivity index (χ2n) is 4.88. The van der Waals surface area contributed by atoms with Gasteiger partial charge in [-0.3, -0.25) is 14.9 Å². The van der Waals surface area contributed by atoms with Crippen LogP contribution in [0.4, 0.5) is 5.69 Å². The minimum atomic E-state index is -0.769. The highest BCUT2D eigenvalue weighted by Gasteiger charge is 2.43. The number of methoxy groups -OCH3 is 1. The number of rotatable bonds is 5. The van der Waals surface area contributed by atoms with Gasteiger partial charge in [0.2, 0.25) is 0 Å². The van der Waals surface area contributed by atoms with Gasteiger partial charge in [-0.25, -0.2) is 0 Å². The highest BCUT2D eigenvalue weighted by atomic mass is 35.5. The molecule has 0 unspecified atom stereocenters. The molecule has 0 spiro atoms. The SMILES string of the molecule is COC(=O)CC1(Oc2cc(Cl)c(Cl)cc2[N+](=O)[O-])CCC1. The van der Waals surface area contributed by atoms with E-state index < -0.39 is 16.5 Å². The first-order valence-corrected chi connectivity index (χ1v) is 7.02. The van der Waals surface area contributed by atoms with Gasteiger partial charge in [-0.2, -0.15) is 0 Å². The maximum atomic E-state index is 11.5. The number of ether oxygens (including phenoxy) is 2. The molecule has 1 aromatic carbocycles. The zero-order chi connectivity index (χ0) is 15.6. The van der Waals surface area contributed by atoms with E-state index in [1.165, 1.54) is 13.2 Å². The Kier molecular flexibility index (Phi) is 4.58. The van der Waals surface area contributed by atoms with E-state index in [2.05, 4.69) is 4.74 Å². The molecule has 1 aliphatic carbocycles. The van der Waals surface area contributed by atoms with Crippen LogP contribution in [-0.4, -0.2) is 23.6 Å². The molecule has 0 amide bonds. The average molecular weight is 334 g/mol. The van der Waals surface area contributed by atoms with E-state index in [1.807, 2.05) is 0 Å². The molecule has 114 valence electrons. The molecular formula is C13H13Cl2NO5. The van der Waals surface area contributed by atoms with Gasteiger partial charge in [0.15, 0.2) is 5.75 Å². The van der Waals surface area contributed by atoms with Gasteiger partial charge < -0.3 is 9.47 Å². The van der Waals surface area contributed by atoms with Gasteiger partial charge in [0, 0.05) is 12.1 Å². The van der Waals surface area contributed by atoms with E-state index >= 15 is 0 Å². The van der Waals surface area contributed by atoms with Crippen molar-refractivity contribution in [3.63, 3.8) is 0 Å². The van der Waals surface area contributed by atoms with Crippen LogP contribution in [0.1, 0.15) is 25.7 Å². The Morgan fingerprint density at radius 3 is 2.48 bits per heavy atom. The summed E-state index contributed by atoms with van der Waals surface area (Å²) in [6, 6.07) is 2.45. The minimum absolute atomic E-state index is 0.0120. The van der Waals surface area contributed by atoms with E-state index in [-0.39, 0.29) is 27.9 Å². The smallest absolute Gasteiger partial charge is 0.312 e. The Hall–Kier alpha value is -1.53. The predicted molar refractivity (Wildman–Crippen MR) is 77.0 cm³/mol. The van der Waals surface area contributed by atoms with Crippen LogP contribution in [0.15, 0.2) is 12.1 Å². The monoisotopic (exact) mass is 333 g/mol. The van der Waals surface area contributed by atoms with Gasteiger partial charge >= 0.3 is 11.7 Å². The van der Waals surface area contributed by atoms with Gasteiger partial charge in [0.25, 0.3) is 0 Å². The standard InChI is InChI=1S/C13H13Cl2NO5/c1-20-12(17)7-13(3-2-4-13)21-11-6-9(15)8(14)5-10(11)16(18)19/h5-6H,2-4,7H2,1H3. The van der Waals surface area contributed by atoms with Crippen LogP contribution in [0, 0.1) is 10.1 Å². The van der Waals surface area contributed by atoms with Crippen molar-refractivity contribution in [2.24, 2.45) is 0 Å². The molecule has 1 fully saturated rings. The summed E-state index contributed by atoms with van der Waals surface area (Å²) < 4.78 is 10.4. The molecular weight excluding hydrogens is 321 g/mol. The fraction of sp³-hybridized carbons (Fsp3) is 0.462. The first-order valence-electron chi connectivity index (χ1n) is 6.26. The number of nitrogens with zero attached hydrogens (tertiary/aromatic N) is 1. The number of halogens is 2. The maximum absolute atomic E-state index is 11.5. The summed E-state index contributed by atoms with van der Waals surface area (Å²) in [5, 5.41) is 11.3. The molecule has 0 N–H and O–H groups in total. The van der Waals surface area contributed by atoms with Gasteiger partial charge in [0.1, 0.15) is 5.60 Å². The molecule has 8 heteroatoms. The van der Waals surface area contributed by atoms with E-state index in [1.54, 1.807) is 0 Å². The molecule has 6 nitrogen and oxygen atoms in total. The van der Waals surface area contributed by atoms with Crippen LogP contribution in [-0.2, 0) is 9.53 Å². The summed E-state index contributed by atoms with van der Waals surface area (Å²) in [5.74, 6) is -0.407. The summed E-state index contributed by atoms with van der Waals surface area (Å²) in [5.41, 5.74) is -1.05. The minimum Gasteiger partial charge on any atom is -0.480 e. The van der Waals surface area contributed by atoms with Crippen molar-refractivity contribution < 1.29 is 19.2 Å². The number of carbonyl (C=O) groups excluding carboxylic acids is 1. The molecule has 0 saturated heterocycles. The lowest BCUT2D eigenvalue weighted by Crippen LogP contribution is -2.45. The summed E-state index contributed by atoms with van der Waals surface area (Å²) in [4.78, 5) is 22.0. The Morgan fingerprint density at radius 2 is 2.00 bits per heavy atom. The molecule has 0 radical (unpaired) electrons. The number of nitro benzene ring substituents is 1. The predicted octanol–water partition coefficient (Wildman–Crippen LogP) is 3.77. The van der Waals surface area contributed by atoms with Crippen molar-refractivity contribution in [3.05, 3.63) is 32.3 Å². The van der Waals surface area contributed by atoms with Crippen molar-refractivity contribution in [1.82, 2.24) is 0 Å². The zero-order valence-electron chi connectivity index (χ0n) is 11.2. The Balaban J connectivity index is 2.31. The van der Waals surface area contributed by atoms with Gasteiger partial charge in [-0.15, -0.1) is 0 Å². The second-order valence-corrected chi connectivity index (χ2v) is 5.70. The first kappa shape index (κ1) is 15.9. The van der Waals surface area contributed by atoms with E-state index in [0.717, 1.165) is 12.5 Å². The van der Waals surface area contributed by atoms with Crippen molar-refractivity contribution in [2.45, 2.75) is 31.3 Å². The topological polar surface area (TPSA) is 78.7 Å². The number of esters is 1. The molecule has 21 heavy (non-hydrogen) atoms. The van der Waals surface area contributed by atoms with Gasteiger partial charge in [0.05, 0.1) is 28.5 Å². The number of hydrogen-bond acceptors (Lipinski definition) is 5. The lowest BCUT2D eigenvalue weighted by molar-refractivity contribution is -0.386. The third-order valence-electron chi connectivity index (χ3n) is 3.48. The summed E-state index contributed by atoms with van der Waals surface area (Å²) >= 11 is 11.7. The fourth-order valence-corrected chi connectivity index (χ4v) is 2.51. The van der Waals surface area contributed by atoms with Crippen molar-refractivity contribution in [2.75, 3.05) is 7.11 Å². The molecule has 2 rings (SSSR count). The quantitative estimate of drug-likeness (QED) is 0.465. The van der Waals surface area contributed by atoms with E-state index in [9.17, 15) is 14.9 Å². The van der Waals surface area contributed by atoms with Crippen LogP contribution in [0.2, 0.25) is 10.0 Å². The van der Waals surface area contributed by atoms with Crippen LogP contribution in [0.25, 0.3) is 0 Å². The van der Waals surface area contributed by atoms with Crippen molar-refractivity contribution >= 4 is 34.9 Å². The van der Waals surface area contributed by atoms with E-state index in [4.69, 9.17) is 27.9 Å². The summed E-state index contributed by atoms with van der Waals surface area (Å²) in [6.07, 6.45) is 2.17. The molecule has 0 bridgehead atoms. The van der Waals surface area contributed by atoms with Crippen molar-refractivity contribution in [3.8, 4) is 5.75 Å². The largest absolute Gasteiger partial charge is 0.480 e. The number of hydrogen-bond donors (Lipinski definition) is 0. The number of carbonyl (C=O) groups is 1. The number of benzene rings is 1. The van der Waals surface area contributed by atoms with Crippen LogP contribution < -0.4 is 4.74 Å². The first-order chi connectivity index (χ1) is 9.87. The molecule has 0 atom stereocenters. The van der Waals surface area contributed by atoms with Gasteiger partial charge in [-0.1, -0.05) is 23.2 Å². The normalized spacial score (nSPS) is 16.0. The molecule has 0 heterocycles. The molecule has 1 saturated carbocycles. The van der Waals surface area contributed by atoms with Crippen LogP contribution in [0.5, 0.6) is 5.75 Å². The molecule has 0 aliphatic heterocycles. The fourth-order valence-electron chi connectivity index (χ4n) is 2.20. The Bertz CT molecular complexity index is 586. The zero-order valence-corrected chi connectivity index (χ0v) is 12.7. The van der Waals surface area contributed by atoms with Gasteiger partial charge in [-0.05, 0) is 19.3 Å². The number of nitro groups is 1. The van der Waals surface area contributed by atoms with Crippen LogP contribution >= 0.6 is 23.2 Å². The molecule has 1 aromatic rings. The highest BCUT2D eigenvalue weighted by Crippen LogP contribution is 2.44. The maximum Gasteiger partial charge on any atom is 0.312 e.